The Bertz CT molecular complexity index is 370. The van der Waals surface area contributed by atoms with Gasteiger partial charge in [-0.3, -0.25) is 9.58 Å². The summed E-state index contributed by atoms with van der Waals surface area (Å²) in [6.45, 7) is 10.7. The van der Waals surface area contributed by atoms with Gasteiger partial charge < -0.3 is 5.32 Å². The van der Waals surface area contributed by atoms with Gasteiger partial charge in [0.15, 0.2) is 0 Å². The zero-order valence-electron chi connectivity index (χ0n) is 12.5. The maximum Gasteiger partial charge on any atom is 0.0964 e. The highest BCUT2D eigenvalue weighted by Crippen LogP contribution is 2.18. The fourth-order valence-corrected chi connectivity index (χ4v) is 2.21. The number of rotatable bonds is 9. The van der Waals surface area contributed by atoms with Gasteiger partial charge in [0.25, 0.3) is 0 Å². The fraction of sp³-hybridized carbons (Fsp3) is 0.857. The second-order valence-corrected chi connectivity index (χ2v) is 5.76. The van der Waals surface area contributed by atoms with Crippen LogP contribution in [-0.4, -0.2) is 45.1 Å². The SMILES string of the molecule is CCCN(CCn1cc(CNC2CC2)nn1)C(C)C. The average Bonchev–Trinajstić information content (AvgIpc) is 3.11. The van der Waals surface area contributed by atoms with Crippen molar-refractivity contribution in [1.29, 1.82) is 0 Å². The molecule has 1 aliphatic carbocycles. The predicted molar refractivity (Wildman–Crippen MR) is 76.9 cm³/mol. The number of nitrogens with zero attached hydrogens (tertiary/aromatic N) is 4. The van der Waals surface area contributed by atoms with Gasteiger partial charge in [0.1, 0.15) is 0 Å². The highest BCUT2D eigenvalue weighted by molar-refractivity contribution is 4.94. The molecule has 0 bridgehead atoms. The summed E-state index contributed by atoms with van der Waals surface area (Å²) in [4.78, 5) is 2.49. The minimum Gasteiger partial charge on any atom is -0.308 e. The summed E-state index contributed by atoms with van der Waals surface area (Å²) < 4.78 is 1.97. The van der Waals surface area contributed by atoms with Gasteiger partial charge >= 0.3 is 0 Å². The third-order valence-electron chi connectivity index (χ3n) is 3.59. The van der Waals surface area contributed by atoms with Gasteiger partial charge in [-0.05, 0) is 39.7 Å². The normalized spacial score (nSPS) is 15.6. The number of nitrogens with one attached hydrogen (secondary N) is 1. The van der Waals surface area contributed by atoms with E-state index in [2.05, 4.69) is 47.5 Å². The van der Waals surface area contributed by atoms with E-state index in [1.54, 1.807) is 0 Å². The topological polar surface area (TPSA) is 46.0 Å². The molecule has 2 rings (SSSR count). The van der Waals surface area contributed by atoms with Crippen molar-refractivity contribution in [1.82, 2.24) is 25.2 Å². The first kappa shape index (κ1) is 14.5. The molecule has 1 heterocycles. The van der Waals surface area contributed by atoms with Crippen LogP contribution in [0.25, 0.3) is 0 Å². The van der Waals surface area contributed by atoms with Crippen molar-refractivity contribution < 1.29 is 0 Å². The average molecular weight is 265 g/mol. The van der Waals surface area contributed by atoms with Gasteiger partial charge in [-0.1, -0.05) is 12.1 Å². The van der Waals surface area contributed by atoms with Gasteiger partial charge in [-0.25, -0.2) is 0 Å². The predicted octanol–water partition coefficient (Wildman–Crippen LogP) is 1.65. The molecule has 0 amide bonds. The van der Waals surface area contributed by atoms with Gasteiger partial charge in [0.2, 0.25) is 0 Å². The Morgan fingerprint density at radius 3 is 2.84 bits per heavy atom. The zero-order chi connectivity index (χ0) is 13.7. The summed E-state index contributed by atoms with van der Waals surface area (Å²) in [5, 5.41) is 11.9. The lowest BCUT2D eigenvalue weighted by atomic mass is 10.3. The molecule has 5 nitrogen and oxygen atoms in total. The summed E-state index contributed by atoms with van der Waals surface area (Å²) in [5.74, 6) is 0. The van der Waals surface area contributed by atoms with E-state index in [-0.39, 0.29) is 0 Å². The van der Waals surface area contributed by atoms with E-state index in [0.717, 1.165) is 37.9 Å². The second-order valence-electron chi connectivity index (χ2n) is 5.76. The molecule has 5 heteroatoms. The third-order valence-corrected chi connectivity index (χ3v) is 3.59. The molecule has 0 aromatic carbocycles. The fourth-order valence-electron chi connectivity index (χ4n) is 2.21. The zero-order valence-corrected chi connectivity index (χ0v) is 12.5. The van der Waals surface area contributed by atoms with Crippen LogP contribution in [-0.2, 0) is 13.1 Å². The van der Waals surface area contributed by atoms with Crippen LogP contribution in [0.4, 0.5) is 0 Å². The lowest BCUT2D eigenvalue weighted by Crippen LogP contribution is -2.34. The third kappa shape index (κ3) is 4.91. The molecule has 1 aromatic rings. The summed E-state index contributed by atoms with van der Waals surface area (Å²) >= 11 is 0. The molecular formula is C14H27N5. The smallest absolute Gasteiger partial charge is 0.0964 e. The molecule has 1 saturated carbocycles. The Labute approximate surface area is 116 Å². The Morgan fingerprint density at radius 2 is 2.21 bits per heavy atom. The molecule has 0 spiro atoms. The van der Waals surface area contributed by atoms with Crippen molar-refractivity contribution in [3.05, 3.63) is 11.9 Å². The quantitative estimate of drug-likeness (QED) is 0.737. The minimum atomic E-state index is 0.597. The minimum absolute atomic E-state index is 0.597. The lowest BCUT2D eigenvalue weighted by Gasteiger charge is -2.25. The standard InChI is InChI=1S/C14H27N5/c1-4-7-18(12(2)3)8-9-19-11-14(16-17-19)10-15-13-5-6-13/h11-13,15H,4-10H2,1-3H3. The maximum atomic E-state index is 4.22. The van der Waals surface area contributed by atoms with Gasteiger partial charge in [0, 0.05) is 31.4 Å². The van der Waals surface area contributed by atoms with Crippen molar-refractivity contribution in [3.63, 3.8) is 0 Å². The molecule has 0 aliphatic heterocycles. The van der Waals surface area contributed by atoms with Gasteiger partial charge in [-0.2, -0.15) is 0 Å². The van der Waals surface area contributed by atoms with Crippen LogP contribution in [0.2, 0.25) is 0 Å². The lowest BCUT2D eigenvalue weighted by molar-refractivity contribution is 0.210. The van der Waals surface area contributed by atoms with Crippen molar-refractivity contribution in [2.45, 2.75) is 65.2 Å². The van der Waals surface area contributed by atoms with Crippen molar-refractivity contribution in [3.8, 4) is 0 Å². The number of hydrogen-bond donors (Lipinski definition) is 1. The van der Waals surface area contributed by atoms with Crippen LogP contribution in [0.5, 0.6) is 0 Å². The van der Waals surface area contributed by atoms with Crippen LogP contribution in [0, 0.1) is 0 Å². The van der Waals surface area contributed by atoms with E-state index >= 15 is 0 Å². The molecule has 108 valence electrons. The maximum absolute atomic E-state index is 4.22. The summed E-state index contributed by atoms with van der Waals surface area (Å²) in [5.41, 5.74) is 1.05. The summed E-state index contributed by atoms with van der Waals surface area (Å²) in [6.07, 6.45) is 5.90. The van der Waals surface area contributed by atoms with E-state index in [9.17, 15) is 0 Å². The largest absolute Gasteiger partial charge is 0.308 e. The van der Waals surface area contributed by atoms with Crippen LogP contribution < -0.4 is 5.32 Å². The second kappa shape index (κ2) is 7.01. The summed E-state index contributed by atoms with van der Waals surface area (Å²) in [7, 11) is 0. The van der Waals surface area contributed by atoms with E-state index in [0.29, 0.717) is 6.04 Å². The van der Waals surface area contributed by atoms with E-state index in [4.69, 9.17) is 0 Å². The van der Waals surface area contributed by atoms with Gasteiger partial charge in [-0.15, -0.1) is 5.10 Å². The Morgan fingerprint density at radius 1 is 1.42 bits per heavy atom. The van der Waals surface area contributed by atoms with Crippen LogP contribution in [0.1, 0.15) is 45.7 Å². The molecule has 1 aromatic heterocycles. The van der Waals surface area contributed by atoms with E-state index in [1.165, 1.54) is 19.3 Å². The highest BCUT2D eigenvalue weighted by atomic mass is 15.4. The van der Waals surface area contributed by atoms with Crippen LogP contribution >= 0.6 is 0 Å². The molecule has 1 aliphatic rings. The first-order valence-corrected chi connectivity index (χ1v) is 7.55. The monoisotopic (exact) mass is 265 g/mol. The van der Waals surface area contributed by atoms with Crippen molar-refractivity contribution in [2.24, 2.45) is 0 Å². The first-order chi connectivity index (χ1) is 9.19. The molecule has 0 atom stereocenters. The number of aromatic nitrogens is 3. The van der Waals surface area contributed by atoms with E-state index in [1.807, 2.05) is 4.68 Å². The Hall–Kier alpha value is -0.940. The van der Waals surface area contributed by atoms with Crippen LogP contribution in [0.15, 0.2) is 6.20 Å². The molecule has 0 radical (unpaired) electrons. The Balaban J connectivity index is 1.74. The van der Waals surface area contributed by atoms with Gasteiger partial charge in [0.05, 0.1) is 12.2 Å². The molecule has 0 saturated heterocycles. The molecule has 19 heavy (non-hydrogen) atoms. The summed E-state index contributed by atoms with van der Waals surface area (Å²) in [6, 6.07) is 1.32. The first-order valence-electron chi connectivity index (χ1n) is 7.55. The van der Waals surface area contributed by atoms with Crippen molar-refractivity contribution >= 4 is 0 Å². The molecular weight excluding hydrogens is 238 g/mol. The highest BCUT2D eigenvalue weighted by Gasteiger charge is 2.20. The molecule has 1 fully saturated rings. The van der Waals surface area contributed by atoms with Crippen LogP contribution in [0.3, 0.4) is 0 Å². The molecule has 0 unspecified atom stereocenters. The Kier molecular flexibility index (Phi) is 5.34. The van der Waals surface area contributed by atoms with E-state index < -0.39 is 0 Å². The molecule has 1 N–H and O–H groups in total. The number of hydrogen-bond acceptors (Lipinski definition) is 4. The van der Waals surface area contributed by atoms with Crippen molar-refractivity contribution in [2.75, 3.05) is 13.1 Å².